The van der Waals surface area contributed by atoms with Crippen molar-refractivity contribution in [2.24, 2.45) is 5.92 Å². The minimum absolute atomic E-state index is 0.0496. The van der Waals surface area contributed by atoms with Crippen molar-refractivity contribution in [3.8, 4) is 0 Å². The lowest BCUT2D eigenvalue weighted by atomic mass is 9.96. The molecule has 0 heterocycles. The summed E-state index contributed by atoms with van der Waals surface area (Å²) in [5.74, 6) is -1.47. The van der Waals surface area contributed by atoms with Gasteiger partial charge in [0.25, 0.3) is 5.91 Å². The molecule has 0 aliphatic rings. The summed E-state index contributed by atoms with van der Waals surface area (Å²) in [6, 6.07) is 4.72. The number of rotatable bonds is 8. The molecule has 1 unspecified atom stereocenters. The van der Waals surface area contributed by atoms with Crippen LogP contribution in [0.5, 0.6) is 0 Å². The van der Waals surface area contributed by atoms with Crippen LogP contribution in [0.3, 0.4) is 0 Å². The first-order chi connectivity index (χ1) is 9.95. The van der Waals surface area contributed by atoms with Gasteiger partial charge in [0, 0.05) is 13.0 Å². The van der Waals surface area contributed by atoms with Gasteiger partial charge in [-0.25, -0.2) is 4.39 Å². The van der Waals surface area contributed by atoms with E-state index in [2.05, 4.69) is 5.32 Å². The van der Waals surface area contributed by atoms with E-state index < -0.39 is 17.7 Å². The normalized spacial score (nSPS) is 12.0. The van der Waals surface area contributed by atoms with E-state index in [0.29, 0.717) is 24.9 Å². The first kappa shape index (κ1) is 17.1. The van der Waals surface area contributed by atoms with Gasteiger partial charge >= 0.3 is 5.97 Å². The Morgan fingerprint density at radius 2 is 2.05 bits per heavy atom. The lowest BCUT2D eigenvalue weighted by molar-refractivity contribution is -0.137. The van der Waals surface area contributed by atoms with Crippen LogP contribution in [-0.2, 0) is 4.79 Å². The molecule has 21 heavy (non-hydrogen) atoms. The van der Waals surface area contributed by atoms with Crippen molar-refractivity contribution in [3.63, 3.8) is 0 Å². The standard InChI is InChI=1S/C16H22FNO3/c1-3-12(7-8-14(19)20)9-10-18-16(21)13-6-4-5-11(2)15(13)17/h4-6,12H,3,7-10H2,1-2H3,(H,18,21)(H,19,20). The van der Waals surface area contributed by atoms with E-state index in [1.54, 1.807) is 19.1 Å². The van der Waals surface area contributed by atoms with Crippen LogP contribution in [0.4, 0.5) is 4.39 Å². The fourth-order valence-electron chi connectivity index (χ4n) is 2.19. The predicted octanol–water partition coefficient (Wildman–Crippen LogP) is 3.15. The second kappa shape index (κ2) is 8.39. The summed E-state index contributed by atoms with van der Waals surface area (Å²) >= 11 is 0. The quantitative estimate of drug-likeness (QED) is 0.774. The average molecular weight is 295 g/mol. The van der Waals surface area contributed by atoms with Gasteiger partial charge in [0.15, 0.2) is 0 Å². The summed E-state index contributed by atoms with van der Waals surface area (Å²) in [7, 11) is 0. The number of carbonyl (C=O) groups is 2. The average Bonchev–Trinajstić information content (AvgIpc) is 2.45. The van der Waals surface area contributed by atoms with Crippen LogP contribution < -0.4 is 5.32 Å². The van der Waals surface area contributed by atoms with E-state index >= 15 is 0 Å². The molecule has 0 fully saturated rings. The highest BCUT2D eigenvalue weighted by Gasteiger charge is 2.14. The zero-order valence-corrected chi connectivity index (χ0v) is 12.5. The number of carbonyl (C=O) groups excluding carboxylic acids is 1. The highest BCUT2D eigenvalue weighted by Crippen LogP contribution is 2.15. The lowest BCUT2D eigenvalue weighted by Crippen LogP contribution is -2.27. The fourth-order valence-corrected chi connectivity index (χ4v) is 2.19. The van der Waals surface area contributed by atoms with Gasteiger partial charge in [-0.1, -0.05) is 25.5 Å². The monoisotopic (exact) mass is 295 g/mol. The molecule has 0 aromatic heterocycles. The number of aryl methyl sites for hydroxylation is 1. The number of hydrogen-bond acceptors (Lipinski definition) is 2. The lowest BCUT2D eigenvalue weighted by Gasteiger charge is -2.14. The van der Waals surface area contributed by atoms with Crippen LogP contribution >= 0.6 is 0 Å². The second-order valence-electron chi connectivity index (χ2n) is 5.19. The zero-order valence-electron chi connectivity index (χ0n) is 12.5. The van der Waals surface area contributed by atoms with E-state index in [1.165, 1.54) is 6.07 Å². The number of halogens is 1. The first-order valence-electron chi connectivity index (χ1n) is 7.20. The molecule has 0 saturated carbocycles. The Balaban J connectivity index is 2.45. The molecule has 0 aliphatic heterocycles. The molecule has 0 saturated heterocycles. The molecule has 0 spiro atoms. The number of carboxylic acid groups (broad SMARTS) is 1. The van der Waals surface area contributed by atoms with Gasteiger partial charge in [-0.05, 0) is 37.3 Å². The van der Waals surface area contributed by atoms with Crippen LogP contribution in [0, 0.1) is 18.7 Å². The van der Waals surface area contributed by atoms with Gasteiger partial charge in [-0.2, -0.15) is 0 Å². The third-order valence-electron chi connectivity index (χ3n) is 3.62. The molecule has 1 amide bonds. The van der Waals surface area contributed by atoms with Gasteiger partial charge < -0.3 is 10.4 Å². The molecule has 0 bridgehead atoms. The maximum atomic E-state index is 13.8. The molecule has 116 valence electrons. The summed E-state index contributed by atoms with van der Waals surface area (Å²) in [6.07, 6.45) is 2.30. The molecule has 1 atom stereocenters. The number of hydrogen-bond donors (Lipinski definition) is 2. The van der Waals surface area contributed by atoms with E-state index in [4.69, 9.17) is 5.11 Å². The first-order valence-corrected chi connectivity index (χ1v) is 7.20. The molecule has 5 heteroatoms. The van der Waals surface area contributed by atoms with Crippen molar-refractivity contribution in [2.45, 2.75) is 39.5 Å². The maximum Gasteiger partial charge on any atom is 0.303 e. The zero-order chi connectivity index (χ0) is 15.8. The molecule has 2 N–H and O–H groups in total. The highest BCUT2D eigenvalue weighted by molar-refractivity contribution is 5.94. The van der Waals surface area contributed by atoms with Crippen molar-refractivity contribution in [2.75, 3.05) is 6.54 Å². The van der Waals surface area contributed by atoms with E-state index in [9.17, 15) is 14.0 Å². The topological polar surface area (TPSA) is 66.4 Å². The van der Waals surface area contributed by atoms with Gasteiger partial charge in [-0.15, -0.1) is 0 Å². The fraction of sp³-hybridized carbons (Fsp3) is 0.500. The SMILES string of the molecule is CCC(CCNC(=O)c1cccc(C)c1F)CCC(=O)O. The minimum Gasteiger partial charge on any atom is -0.481 e. The minimum atomic E-state index is -0.806. The summed E-state index contributed by atoms with van der Waals surface area (Å²) in [5.41, 5.74) is 0.490. The number of aliphatic carboxylic acids is 1. The molecular weight excluding hydrogens is 273 g/mol. The summed E-state index contributed by atoms with van der Waals surface area (Å²) in [4.78, 5) is 22.5. The Morgan fingerprint density at radius 1 is 1.33 bits per heavy atom. The largest absolute Gasteiger partial charge is 0.481 e. The summed E-state index contributed by atoms with van der Waals surface area (Å²) < 4.78 is 13.8. The van der Waals surface area contributed by atoms with Crippen LogP contribution in [0.2, 0.25) is 0 Å². The summed E-state index contributed by atoms with van der Waals surface area (Å²) in [5, 5.41) is 11.4. The number of nitrogens with one attached hydrogen (secondary N) is 1. The van der Waals surface area contributed by atoms with E-state index in [0.717, 1.165) is 6.42 Å². The number of amides is 1. The van der Waals surface area contributed by atoms with Crippen molar-refractivity contribution in [1.82, 2.24) is 5.32 Å². The third-order valence-corrected chi connectivity index (χ3v) is 3.62. The van der Waals surface area contributed by atoms with E-state index in [-0.39, 0.29) is 17.9 Å². The van der Waals surface area contributed by atoms with Gasteiger partial charge in [0.05, 0.1) is 5.56 Å². The Morgan fingerprint density at radius 3 is 2.67 bits per heavy atom. The second-order valence-corrected chi connectivity index (χ2v) is 5.19. The smallest absolute Gasteiger partial charge is 0.303 e. The number of benzene rings is 1. The third kappa shape index (κ3) is 5.53. The molecule has 0 radical (unpaired) electrons. The molecule has 1 aromatic rings. The van der Waals surface area contributed by atoms with Crippen LogP contribution in [-0.4, -0.2) is 23.5 Å². The van der Waals surface area contributed by atoms with Gasteiger partial charge in [-0.3, -0.25) is 9.59 Å². The van der Waals surface area contributed by atoms with Crippen LogP contribution in [0.25, 0.3) is 0 Å². The molecule has 4 nitrogen and oxygen atoms in total. The molecule has 1 aromatic carbocycles. The Bertz CT molecular complexity index is 502. The molecular formula is C16H22FNO3. The molecule has 1 rings (SSSR count). The van der Waals surface area contributed by atoms with Crippen LogP contribution in [0.15, 0.2) is 18.2 Å². The maximum absolute atomic E-state index is 13.8. The highest BCUT2D eigenvalue weighted by atomic mass is 19.1. The van der Waals surface area contributed by atoms with E-state index in [1.807, 2.05) is 6.92 Å². The number of carboxylic acids is 1. The Kier molecular flexibility index (Phi) is 6.85. The Labute approximate surface area is 124 Å². The predicted molar refractivity (Wildman–Crippen MR) is 78.7 cm³/mol. The van der Waals surface area contributed by atoms with Crippen molar-refractivity contribution < 1.29 is 19.1 Å². The van der Waals surface area contributed by atoms with Crippen LogP contribution in [0.1, 0.15) is 48.5 Å². The summed E-state index contributed by atoms with van der Waals surface area (Å²) in [6.45, 7) is 4.03. The van der Waals surface area contributed by atoms with Gasteiger partial charge in [0.1, 0.15) is 5.82 Å². The Hall–Kier alpha value is -1.91. The van der Waals surface area contributed by atoms with Crippen molar-refractivity contribution >= 4 is 11.9 Å². The molecule has 0 aliphatic carbocycles. The van der Waals surface area contributed by atoms with Crippen molar-refractivity contribution in [3.05, 3.63) is 35.1 Å². The van der Waals surface area contributed by atoms with Gasteiger partial charge in [0.2, 0.25) is 0 Å². The van der Waals surface area contributed by atoms with Crippen molar-refractivity contribution in [1.29, 1.82) is 0 Å².